The molecule has 1 unspecified atom stereocenters. The summed E-state index contributed by atoms with van der Waals surface area (Å²) >= 11 is 6.26. The van der Waals surface area contributed by atoms with Crippen molar-refractivity contribution in [2.24, 2.45) is 5.92 Å². The lowest BCUT2D eigenvalue weighted by Crippen LogP contribution is -2.48. The van der Waals surface area contributed by atoms with E-state index in [1.54, 1.807) is 6.20 Å². The number of aromatic nitrogens is 1. The lowest BCUT2D eigenvalue weighted by molar-refractivity contribution is -0.120. The molecule has 2 aromatic rings. The number of nitrogens with zero attached hydrogens (tertiary/aromatic N) is 1. The molecule has 1 aromatic heterocycles. The van der Waals surface area contributed by atoms with Gasteiger partial charge in [0.2, 0.25) is 5.91 Å². The molecule has 1 atom stereocenters. The molecule has 1 aliphatic rings. The second kappa shape index (κ2) is 5.30. The number of carbonyl (C=O) groups is 1. The summed E-state index contributed by atoms with van der Waals surface area (Å²) in [6.45, 7) is 4.33. The van der Waals surface area contributed by atoms with Crippen LogP contribution in [0.4, 0.5) is 0 Å². The quantitative estimate of drug-likeness (QED) is 0.938. The number of amides is 1. The molecule has 1 saturated heterocycles. The van der Waals surface area contributed by atoms with Gasteiger partial charge in [0.05, 0.1) is 5.52 Å². The number of benzene rings is 1. The number of carbonyl (C=O) groups excluding carboxylic acids is 1. The van der Waals surface area contributed by atoms with Gasteiger partial charge in [-0.15, -0.1) is 0 Å². The van der Waals surface area contributed by atoms with Gasteiger partial charge in [-0.3, -0.25) is 9.78 Å². The van der Waals surface area contributed by atoms with Gasteiger partial charge in [0.15, 0.2) is 0 Å². The monoisotopic (exact) mass is 302 g/mol. The minimum absolute atomic E-state index is 0.148. The number of hydrogen-bond donors (Lipinski definition) is 1. The summed E-state index contributed by atoms with van der Waals surface area (Å²) in [5.74, 6) is 0.522. The number of pyridine rings is 1. The third-order valence-corrected chi connectivity index (χ3v) is 4.93. The van der Waals surface area contributed by atoms with Crippen LogP contribution in [0.3, 0.4) is 0 Å². The van der Waals surface area contributed by atoms with E-state index in [2.05, 4.69) is 24.1 Å². The number of nitrogens with one attached hydrogen (secondary N) is 1. The second-order valence-corrected chi connectivity index (χ2v) is 6.55. The summed E-state index contributed by atoms with van der Waals surface area (Å²) in [6, 6.07) is 7.84. The van der Waals surface area contributed by atoms with E-state index in [0.717, 1.165) is 34.3 Å². The van der Waals surface area contributed by atoms with Crippen LogP contribution < -0.4 is 5.32 Å². The fourth-order valence-electron chi connectivity index (χ4n) is 3.19. The first-order valence-electron chi connectivity index (χ1n) is 7.35. The molecule has 0 spiro atoms. The van der Waals surface area contributed by atoms with Crippen molar-refractivity contribution >= 4 is 28.4 Å². The summed E-state index contributed by atoms with van der Waals surface area (Å²) in [7, 11) is 0. The van der Waals surface area contributed by atoms with E-state index in [0.29, 0.717) is 12.3 Å². The van der Waals surface area contributed by atoms with Crippen LogP contribution in [0.25, 0.3) is 10.9 Å². The highest BCUT2D eigenvalue weighted by Gasteiger charge is 2.40. The van der Waals surface area contributed by atoms with Crippen molar-refractivity contribution < 1.29 is 4.79 Å². The third-order valence-electron chi connectivity index (χ3n) is 4.60. The van der Waals surface area contributed by atoms with Gasteiger partial charge in [0.25, 0.3) is 0 Å². The Kier molecular flexibility index (Phi) is 3.62. The van der Waals surface area contributed by atoms with Crippen LogP contribution in [0.1, 0.15) is 32.3 Å². The Bertz CT molecular complexity index is 698. The van der Waals surface area contributed by atoms with Crippen molar-refractivity contribution in [2.45, 2.75) is 38.6 Å². The fraction of sp³-hybridized carbons (Fsp3) is 0.412. The van der Waals surface area contributed by atoms with Gasteiger partial charge in [0, 0.05) is 28.6 Å². The molecule has 1 amide bonds. The van der Waals surface area contributed by atoms with E-state index < -0.39 is 0 Å². The second-order valence-electron chi connectivity index (χ2n) is 6.14. The van der Waals surface area contributed by atoms with Gasteiger partial charge in [0.1, 0.15) is 0 Å². The van der Waals surface area contributed by atoms with Gasteiger partial charge in [-0.2, -0.15) is 0 Å². The molecule has 0 bridgehead atoms. The Morgan fingerprint density at radius 3 is 2.86 bits per heavy atom. The van der Waals surface area contributed by atoms with Crippen LogP contribution in [-0.4, -0.2) is 16.4 Å². The molecule has 21 heavy (non-hydrogen) atoms. The Hall–Kier alpha value is -1.61. The first-order valence-corrected chi connectivity index (χ1v) is 7.73. The molecule has 1 N–H and O–H groups in total. The van der Waals surface area contributed by atoms with Crippen LogP contribution >= 0.6 is 11.6 Å². The number of rotatable bonds is 3. The third kappa shape index (κ3) is 2.51. The predicted octanol–water partition coefficient (Wildman–Crippen LogP) is 3.74. The maximum Gasteiger partial charge on any atom is 0.220 e. The average Bonchev–Trinajstić information content (AvgIpc) is 2.85. The highest BCUT2D eigenvalue weighted by molar-refractivity contribution is 6.35. The van der Waals surface area contributed by atoms with E-state index in [1.165, 1.54) is 0 Å². The van der Waals surface area contributed by atoms with Gasteiger partial charge >= 0.3 is 0 Å². The summed E-state index contributed by atoms with van der Waals surface area (Å²) in [5.41, 5.74) is 1.91. The van der Waals surface area contributed by atoms with Gasteiger partial charge < -0.3 is 5.32 Å². The first-order chi connectivity index (χ1) is 10.0. The Balaban J connectivity index is 2.05. The maximum absolute atomic E-state index is 11.7. The standard InChI is InChI=1S/C17H19ClN2O/c1-11(2)17(8-7-15(21)20-17)10-12-5-6-14(18)13-4-3-9-19-16(12)13/h3-6,9,11H,7-8,10H2,1-2H3,(H,20,21). The van der Waals surface area contributed by atoms with E-state index in [4.69, 9.17) is 11.6 Å². The minimum atomic E-state index is -0.171. The number of fused-ring (bicyclic) bond motifs is 1. The minimum Gasteiger partial charge on any atom is -0.350 e. The highest BCUT2D eigenvalue weighted by Crippen LogP contribution is 2.34. The van der Waals surface area contributed by atoms with Gasteiger partial charge in [-0.25, -0.2) is 0 Å². The zero-order valence-electron chi connectivity index (χ0n) is 12.3. The molecule has 1 aromatic carbocycles. The fourth-order valence-corrected chi connectivity index (χ4v) is 3.40. The van der Waals surface area contributed by atoms with Crippen LogP contribution in [0.2, 0.25) is 5.02 Å². The Labute approximate surface area is 129 Å². The summed E-state index contributed by atoms with van der Waals surface area (Å²) < 4.78 is 0. The molecule has 0 aliphatic carbocycles. The smallest absolute Gasteiger partial charge is 0.220 e. The van der Waals surface area contributed by atoms with Crippen LogP contribution in [0.5, 0.6) is 0 Å². The number of hydrogen-bond acceptors (Lipinski definition) is 2. The number of halogens is 1. The molecule has 3 rings (SSSR count). The van der Waals surface area contributed by atoms with E-state index in [9.17, 15) is 4.79 Å². The molecule has 4 heteroatoms. The molecular weight excluding hydrogens is 284 g/mol. The molecule has 110 valence electrons. The van der Waals surface area contributed by atoms with Crippen molar-refractivity contribution in [1.82, 2.24) is 10.3 Å². The van der Waals surface area contributed by atoms with Crippen LogP contribution in [0.15, 0.2) is 30.5 Å². The van der Waals surface area contributed by atoms with E-state index >= 15 is 0 Å². The summed E-state index contributed by atoms with van der Waals surface area (Å²) in [5, 5.41) is 4.89. The summed E-state index contributed by atoms with van der Waals surface area (Å²) in [4.78, 5) is 16.2. The molecule has 1 fully saturated rings. The van der Waals surface area contributed by atoms with E-state index in [-0.39, 0.29) is 11.4 Å². The lowest BCUT2D eigenvalue weighted by atomic mass is 9.79. The zero-order valence-corrected chi connectivity index (χ0v) is 13.1. The van der Waals surface area contributed by atoms with Gasteiger partial charge in [-0.1, -0.05) is 31.5 Å². The topological polar surface area (TPSA) is 42.0 Å². The molecule has 3 nitrogen and oxygen atoms in total. The van der Waals surface area contributed by atoms with Crippen molar-refractivity contribution in [1.29, 1.82) is 0 Å². The first kappa shape index (κ1) is 14.3. The predicted molar refractivity (Wildman–Crippen MR) is 85.4 cm³/mol. The Morgan fingerprint density at radius 1 is 1.38 bits per heavy atom. The molecule has 0 radical (unpaired) electrons. The zero-order chi connectivity index (χ0) is 15.0. The molecular formula is C17H19ClN2O. The molecule has 2 heterocycles. The molecule has 1 aliphatic heterocycles. The average molecular weight is 303 g/mol. The van der Waals surface area contributed by atoms with Crippen molar-refractivity contribution in [3.05, 3.63) is 41.0 Å². The highest BCUT2D eigenvalue weighted by atomic mass is 35.5. The normalized spacial score (nSPS) is 22.0. The SMILES string of the molecule is CC(C)C1(Cc2ccc(Cl)c3cccnc23)CCC(=O)N1. The summed E-state index contributed by atoms with van der Waals surface area (Å²) in [6.07, 6.45) is 4.07. The van der Waals surface area contributed by atoms with Crippen LogP contribution in [-0.2, 0) is 11.2 Å². The van der Waals surface area contributed by atoms with E-state index in [1.807, 2.05) is 24.3 Å². The van der Waals surface area contributed by atoms with Crippen molar-refractivity contribution in [3.63, 3.8) is 0 Å². The largest absolute Gasteiger partial charge is 0.350 e. The maximum atomic E-state index is 11.7. The molecule has 0 saturated carbocycles. The van der Waals surface area contributed by atoms with Crippen molar-refractivity contribution in [3.8, 4) is 0 Å². The lowest BCUT2D eigenvalue weighted by Gasteiger charge is -2.34. The van der Waals surface area contributed by atoms with Gasteiger partial charge in [-0.05, 0) is 42.5 Å². The Morgan fingerprint density at radius 2 is 2.19 bits per heavy atom. The van der Waals surface area contributed by atoms with Crippen LogP contribution in [0, 0.1) is 5.92 Å². The van der Waals surface area contributed by atoms with Crippen molar-refractivity contribution in [2.75, 3.05) is 0 Å².